The molecule has 16 heavy (non-hydrogen) atoms. The molecule has 4 rings (SSSR count). The molecule has 3 aliphatic rings. The number of allylic oxidation sites excluding steroid dienone is 2. The molecule has 0 radical (unpaired) electrons. The SMILES string of the molecule is O=CC1(c2ccccc2)C2C3C=CC(C3)[C@@H]21. The van der Waals surface area contributed by atoms with Gasteiger partial charge in [-0.05, 0) is 35.7 Å². The summed E-state index contributed by atoms with van der Waals surface area (Å²) in [6, 6.07) is 10.3. The number of fused-ring (bicyclic) bond motifs is 5. The van der Waals surface area contributed by atoms with E-state index in [4.69, 9.17) is 0 Å². The number of hydrogen-bond acceptors (Lipinski definition) is 1. The van der Waals surface area contributed by atoms with Crippen molar-refractivity contribution in [2.45, 2.75) is 11.8 Å². The van der Waals surface area contributed by atoms with Crippen molar-refractivity contribution in [1.82, 2.24) is 0 Å². The summed E-state index contributed by atoms with van der Waals surface area (Å²) in [5, 5.41) is 0. The van der Waals surface area contributed by atoms with Crippen molar-refractivity contribution >= 4 is 6.29 Å². The normalized spacial score (nSPS) is 46.8. The van der Waals surface area contributed by atoms with E-state index in [1.54, 1.807) is 0 Å². The van der Waals surface area contributed by atoms with Crippen LogP contribution >= 0.6 is 0 Å². The van der Waals surface area contributed by atoms with Crippen molar-refractivity contribution in [2.24, 2.45) is 23.7 Å². The lowest BCUT2D eigenvalue weighted by Gasteiger charge is -2.17. The minimum Gasteiger partial charge on any atom is -0.302 e. The number of hydrogen-bond donors (Lipinski definition) is 0. The third-order valence-electron chi connectivity index (χ3n) is 4.92. The van der Waals surface area contributed by atoms with Gasteiger partial charge in [0.05, 0.1) is 5.41 Å². The van der Waals surface area contributed by atoms with Crippen LogP contribution in [0.1, 0.15) is 12.0 Å². The number of rotatable bonds is 2. The van der Waals surface area contributed by atoms with Crippen LogP contribution in [0.2, 0.25) is 0 Å². The lowest BCUT2D eigenvalue weighted by Crippen LogP contribution is -2.20. The molecule has 80 valence electrons. The van der Waals surface area contributed by atoms with Gasteiger partial charge < -0.3 is 4.79 Å². The van der Waals surface area contributed by atoms with Crippen LogP contribution in [-0.4, -0.2) is 6.29 Å². The van der Waals surface area contributed by atoms with E-state index in [-0.39, 0.29) is 5.41 Å². The highest BCUT2D eigenvalue weighted by atomic mass is 16.1. The molecule has 1 heteroatoms. The summed E-state index contributed by atoms with van der Waals surface area (Å²) in [4.78, 5) is 11.6. The predicted molar refractivity (Wildman–Crippen MR) is 61.9 cm³/mol. The van der Waals surface area contributed by atoms with Crippen LogP contribution in [0.4, 0.5) is 0 Å². The van der Waals surface area contributed by atoms with Crippen LogP contribution < -0.4 is 0 Å². The zero-order chi connectivity index (χ0) is 10.8. The molecule has 1 aromatic carbocycles. The van der Waals surface area contributed by atoms with Gasteiger partial charge >= 0.3 is 0 Å². The largest absolute Gasteiger partial charge is 0.302 e. The van der Waals surface area contributed by atoms with Crippen LogP contribution in [0.25, 0.3) is 0 Å². The summed E-state index contributed by atoms with van der Waals surface area (Å²) < 4.78 is 0. The van der Waals surface area contributed by atoms with Crippen molar-refractivity contribution in [1.29, 1.82) is 0 Å². The van der Waals surface area contributed by atoms with E-state index in [2.05, 4.69) is 24.3 Å². The molecular formula is C15H14O. The maximum absolute atomic E-state index is 11.6. The molecule has 5 atom stereocenters. The topological polar surface area (TPSA) is 17.1 Å². The molecule has 0 spiro atoms. The Kier molecular flexibility index (Phi) is 1.45. The molecule has 0 aliphatic heterocycles. The summed E-state index contributed by atoms with van der Waals surface area (Å²) in [5.74, 6) is 2.53. The zero-order valence-corrected chi connectivity index (χ0v) is 9.04. The summed E-state index contributed by atoms with van der Waals surface area (Å²) >= 11 is 0. The molecule has 2 bridgehead atoms. The Morgan fingerprint density at radius 1 is 1.06 bits per heavy atom. The van der Waals surface area contributed by atoms with E-state index in [0.29, 0.717) is 23.7 Å². The van der Waals surface area contributed by atoms with Crippen molar-refractivity contribution in [2.75, 3.05) is 0 Å². The molecule has 2 saturated carbocycles. The number of carbonyl (C=O) groups is 1. The van der Waals surface area contributed by atoms with Gasteiger partial charge in [0.25, 0.3) is 0 Å². The second-order valence-corrected chi connectivity index (χ2v) is 5.42. The Bertz CT molecular complexity index is 455. The first-order chi connectivity index (χ1) is 7.88. The quantitative estimate of drug-likeness (QED) is 0.541. The number of benzene rings is 1. The highest BCUT2D eigenvalue weighted by Crippen LogP contribution is 2.73. The van der Waals surface area contributed by atoms with Gasteiger partial charge in [-0.2, -0.15) is 0 Å². The van der Waals surface area contributed by atoms with Crippen molar-refractivity contribution < 1.29 is 4.79 Å². The Balaban J connectivity index is 1.81. The predicted octanol–water partition coefficient (Wildman–Crippen LogP) is 2.58. The second-order valence-electron chi connectivity index (χ2n) is 5.42. The van der Waals surface area contributed by atoms with Gasteiger partial charge in [-0.25, -0.2) is 0 Å². The summed E-state index contributed by atoms with van der Waals surface area (Å²) in [7, 11) is 0. The molecule has 0 amide bonds. The highest BCUT2D eigenvalue weighted by molar-refractivity contribution is 5.77. The molecule has 3 aliphatic carbocycles. The maximum atomic E-state index is 11.6. The monoisotopic (exact) mass is 210 g/mol. The maximum Gasteiger partial charge on any atom is 0.131 e. The standard InChI is InChI=1S/C15H14O/c16-9-15(12-4-2-1-3-5-12)13-10-6-7-11(8-10)14(13)15/h1-7,9-11,13-14H,8H2/t10?,11?,13-,14?,15?/m0/s1. The van der Waals surface area contributed by atoms with E-state index in [1.165, 1.54) is 18.3 Å². The third-order valence-corrected chi connectivity index (χ3v) is 4.92. The zero-order valence-electron chi connectivity index (χ0n) is 9.04. The van der Waals surface area contributed by atoms with Crippen LogP contribution in [0, 0.1) is 23.7 Å². The van der Waals surface area contributed by atoms with E-state index in [0.717, 1.165) is 0 Å². The molecular weight excluding hydrogens is 196 g/mol. The van der Waals surface area contributed by atoms with Gasteiger partial charge in [0.2, 0.25) is 0 Å². The molecule has 1 nitrogen and oxygen atoms in total. The van der Waals surface area contributed by atoms with Gasteiger partial charge in [0, 0.05) is 0 Å². The minimum atomic E-state index is -0.141. The first kappa shape index (κ1) is 8.74. The molecule has 0 saturated heterocycles. The van der Waals surface area contributed by atoms with E-state index >= 15 is 0 Å². The average Bonchev–Trinajstić information content (AvgIpc) is 2.67. The van der Waals surface area contributed by atoms with Gasteiger partial charge in [0.1, 0.15) is 6.29 Å². The molecule has 4 unspecified atom stereocenters. The smallest absolute Gasteiger partial charge is 0.131 e. The number of carbonyl (C=O) groups excluding carboxylic acids is 1. The van der Waals surface area contributed by atoms with Gasteiger partial charge in [0.15, 0.2) is 0 Å². The Labute approximate surface area is 95.2 Å². The summed E-state index contributed by atoms with van der Waals surface area (Å²) in [6.45, 7) is 0. The van der Waals surface area contributed by atoms with E-state index in [9.17, 15) is 4.79 Å². The number of aldehydes is 1. The van der Waals surface area contributed by atoms with Crippen molar-refractivity contribution in [3.05, 3.63) is 48.0 Å². The highest BCUT2D eigenvalue weighted by Gasteiger charge is 2.74. The van der Waals surface area contributed by atoms with Crippen LogP contribution in [0.15, 0.2) is 42.5 Å². The molecule has 0 aromatic heterocycles. The lowest BCUT2D eigenvalue weighted by molar-refractivity contribution is -0.110. The minimum absolute atomic E-state index is 0.141. The van der Waals surface area contributed by atoms with Crippen LogP contribution in [0.3, 0.4) is 0 Å². The Morgan fingerprint density at radius 2 is 1.69 bits per heavy atom. The molecule has 1 aromatic rings. The molecule has 2 fully saturated rings. The van der Waals surface area contributed by atoms with Crippen LogP contribution in [-0.2, 0) is 10.2 Å². The van der Waals surface area contributed by atoms with Gasteiger partial charge in [-0.1, -0.05) is 42.5 Å². The van der Waals surface area contributed by atoms with E-state index < -0.39 is 0 Å². The van der Waals surface area contributed by atoms with Crippen molar-refractivity contribution in [3.8, 4) is 0 Å². The first-order valence-corrected chi connectivity index (χ1v) is 6.08. The fourth-order valence-electron chi connectivity index (χ4n) is 4.33. The molecule has 0 heterocycles. The third kappa shape index (κ3) is 0.786. The fourth-order valence-corrected chi connectivity index (χ4v) is 4.33. The summed E-state index contributed by atoms with van der Waals surface area (Å²) in [6.07, 6.45) is 7.18. The second kappa shape index (κ2) is 2.65. The van der Waals surface area contributed by atoms with Crippen molar-refractivity contribution in [3.63, 3.8) is 0 Å². The van der Waals surface area contributed by atoms with Gasteiger partial charge in [-0.15, -0.1) is 0 Å². The molecule has 0 N–H and O–H groups in total. The fraction of sp³-hybridized carbons (Fsp3) is 0.400. The lowest BCUT2D eigenvalue weighted by atomic mass is 9.84. The first-order valence-electron chi connectivity index (χ1n) is 6.08. The van der Waals surface area contributed by atoms with Gasteiger partial charge in [-0.3, -0.25) is 0 Å². The van der Waals surface area contributed by atoms with Crippen LogP contribution in [0.5, 0.6) is 0 Å². The Morgan fingerprint density at radius 3 is 2.25 bits per heavy atom. The average molecular weight is 210 g/mol. The van der Waals surface area contributed by atoms with E-state index in [1.807, 2.05) is 18.2 Å². The summed E-state index contributed by atoms with van der Waals surface area (Å²) in [5.41, 5.74) is 1.09. The Hall–Kier alpha value is -1.37.